The van der Waals surface area contributed by atoms with Gasteiger partial charge in [0.2, 0.25) is 11.8 Å². The number of aromatic nitrogens is 3. The van der Waals surface area contributed by atoms with E-state index >= 15 is 0 Å². The molecule has 0 aliphatic heterocycles. The fourth-order valence-electron chi connectivity index (χ4n) is 1.72. The van der Waals surface area contributed by atoms with Crippen LogP contribution in [0.5, 0.6) is 0 Å². The molecular weight excluding hydrogens is 328 g/mol. The zero-order valence-electron chi connectivity index (χ0n) is 11.5. The number of hydrogen-bond donors (Lipinski definition) is 1. The van der Waals surface area contributed by atoms with Crippen molar-refractivity contribution in [1.82, 2.24) is 20.4 Å². The normalized spacial score (nSPS) is 11.0. The minimum Gasteiger partial charge on any atom is -0.431 e. The number of thioether (sulfide) groups is 1. The SMILES string of the molecule is CNC(=O)Cc1noc(CSc2nc3cc(Cl)ccc3o2)n1. The molecule has 9 heteroatoms. The van der Waals surface area contributed by atoms with E-state index in [4.69, 9.17) is 20.5 Å². The summed E-state index contributed by atoms with van der Waals surface area (Å²) in [5, 5.41) is 7.33. The third-order valence-electron chi connectivity index (χ3n) is 2.76. The number of benzene rings is 1. The lowest BCUT2D eigenvalue weighted by atomic mass is 10.3. The van der Waals surface area contributed by atoms with Crippen molar-refractivity contribution in [2.75, 3.05) is 7.05 Å². The van der Waals surface area contributed by atoms with E-state index in [0.717, 1.165) is 0 Å². The van der Waals surface area contributed by atoms with Gasteiger partial charge in [0.15, 0.2) is 11.4 Å². The van der Waals surface area contributed by atoms with Crippen LogP contribution in [0.1, 0.15) is 11.7 Å². The molecular formula is C13H11ClN4O3S. The Morgan fingerprint density at radius 3 is 3.09 bits per heavy atom. The topological polar surface area (TPSA) is 94.1 Å². The van der Waals surface area contributed by atoms with Gasteiger partial charge < -0.3 is 14.3 Å². The second kappa shape index (κ2) is 6.37. The minimum absolute atomic E-state index is 0.0893. The van der Waals surface area contributed by atoms with Crippen molar-refractivity contribution in [3.8, 4) is 0 Å². The average molecular weight is 339 g/mol. The van der Waals surface area contributed by atoms with E-state index in [-0.39, 0.29) is 12.3 Å². The third kappa shape index (κ3) is 3.40. The molecule has 0 aliphatic carbocycles. The molecule has 0 bridgehead atoms. The first-order valence-electron chi connectivity index (χ1n) is 6.35. The zero-order chi connectivity index (χ0) is 15.5. The molecule has 3 rings (SSSR count). The average Bonchev–Trinajstić information content (AvgIpc) is 3.10. The van der Waals surface area contributed by atoms with Crippen molar-refractivity contribution < 1.29 is 13.7 Å². The van der Waals surface area contributed by atoms with Crippen LogP contribution in [-0.4, -0.2) is 28.1 Å². The van der Waals surface area contributed by atoms with Crippen LogP contribution in [0.3, 0.4) is 0 Å². The minimum atomic E-state index is -0.171. The summed E-state index contributed by atoms with van der Waals surface area (Å²) in [6.45, 7) is 0. The number of carbonyl (C=O) groups excluding carboxylic acids is 1. The smallest absolute Gasteiger partial charge is 0.257 e. The molecule has 7 nitrogen and oxygen atoms in total. The van der Waals surface area contributed by atoms with Gasteiger partial charge in [0, 0.05) is 12.1 Å². The second-order valence-electron chi connectivity index (χ2n) is 4.33. The number of hydrogen-bond acceptors (Lipinski definition) is 7. The number of nitrogens with zero attached hydrogens (tertiary/aromatic N) is 3. The number of likely N-dealkylation sites (N-methyl/N-ethyl adjacent to an activating group) is 1. The standard InChI is InChI=1S/C13H11ClN4O3S/c1-15-11(19)5-10-17-12(21-18-10)6-22-13-16-8-4-7(14)2-3-9(8)20-13/h2-4H,5-6H2,1H3,(H,15,19). The van der Waals surface area contributed by atoms with E-state index in [2.05, 4.69) is 20.4 Å². The van der Waals surface area contributed by atoms with Gasteiger partial charge in [0.05, 0.1) is 12.2 Å². The van der Waals surface area contributed by atoms with Crippen molar-refractivity contribution in [3.63, 3.8) is 0 Å². The van der Waals surface area contributed by atoms with Crippen LogP contribution in [0.2, 0.25) is 5.02 Å². The Labute approximate surface area is 134 Å². The maximum atomic E-state index is 11.2. The van der Waals surface area contributed by atoms with E-state index in [9.17, 15) is 4.79 Å². The summed E-state index contributed by atoms with van der Waals surface area (Å²) in [5.74, 6) is 0.987. The Balaban J connectivity index is 1.65. The molecule has 0 saturated carbocycles. The first-order valence-corrected chi connectivity index (χ1v) is 7.71. The number of fused-ring (bicyclic) bond motifs is 1. The summed E-state index contributed by atoms with van der Waals surface area (Å²) in [6.07, 6.45) is 0.0893. The lowest BCUT2D eigenvalue weighted by molar-refractivity contribution is -0.120. The van der Waals surface area contributed by atoms with Crippen LogP contribution in [0.4, 0.5) is 0 Å². The number of rotatable bonds is 5. The first kappa shape index (κ1) is 14.9. The summed E-state index contributed by atoms with van der Waals surface area (Å²) in [6, 6.07) is 5.24. The highest BCUT2D eigenvalue weighted by Crippen LogP contribution is 2.27. The Morgan fingerprint density at radius 2 is 2.27 bits per heavy atom. The van der Waals surface area contributed by atoms with Gasteiger partial charge in [-0.3, -0.25) is 4.79 Å². The van der Waals surface area contributed by atoms with Gasteiger partial charge >= 0.3 is 0 Å². The van der Waals surface area contributed by atoms with Gasteiger partial charge in [-0.2, -0.15) is 4.98 Å². The molecule has 0 radical (unpaired) electrons. The van der Waals surface area contributed by atoms with Crippen LogP contribution in [-0.2, 0) is 17.0 Å². The molecule has 114 valence electrons. The molecule has 22 heavy (non-hydrogen) atoms. The number of carbonyl (C=O) groups is 1. The van der Waals surface area contributed by atoms with E-state index < -0.39 is 0 Å². The Kier molecular flexibility index (Phi) is 4.30. The van der Waals surface area contributed by atoms with Gasteiger partial charge in [-0.15, -0.1) is 0 Å². The Morgan fingerprint density at radius 1 is 1.41 bits per heavy atom. The highest BCUT2D eigenvalue weighted by Gasteiger charge is 2.12. The molecule has 2 aromatic heterocycles. The van der Waals surface area contributed by atoms with Crippen molar-refractivity contribution in [3.05, 3.63) is 34.9 Å². The van der Waals surface area contributed by atoms with Gasteiger partial charge in [-0.25, -0.2) is 4.98 Å². The van der Waals surface area contributed by atoms with E-state index in [1.54, 1.807) is 25.2 Å². The number of oxazole rings is 1. The monoisotopic (exact) mass is 338 g/mol. The van der Waals surface area contributed by atoms with Crippen LogP contribution >= 0.6 is 23.4 Å². The Hall–Kier alpha value is -2.06. The molecule has 3 aromatic rings. The highest BCUT2D eigenvalue weighted by molar-refractivity contribution is 7.98. The quantitative estimate of drug-likeness (QED) is 0.714. The molecule has 0 saturated heterocycles. The van der Waals surface area contributed by atoms with Gasteiger partial charge in [0.25, 0.3) is 5.22 Å². The van der Waals surface area contributed by atoms with E-state index in [1.807, 2.05) is 0 Å². The maximum Gasteiger partial charge on any atom is 0.257 e. The van der Waals surface area contributed by atoms with Gasteiger partial charge in [-0.1, -0.05) is 28.5 Å². The summed E-state index contributed by atoms with van der Waals surface area (Å²) in [5.41, 5.74) is 1.36. The summed E-state index contributed by atoms with van der Waals surface area (Å²) >= 11 is 7.23. The number of nitrogens with one attached hydrogen (secondary N) is 1. The number of halogens is 1. The maximum absolute atomic E-state index is 11.2. The third-order valence-corrected chi connectivity index (χ3v) is 3.80. The van der Waals surface area contributed by atoms with Crippen molar-refractivity contribution in [2.24, 2.45) is 0 Å². The van der Waals surface area contributed by atoms with E-state index in [0.29, 0.717) is 38.8 Å². The summed E-state index contributed by atoms with van der Waals surface area (Å²) in [4.78, 5) is 19.7. The van der Waals surface area contributed by atoms with Crippen molar-refractivity contribution in [1.29, 1.82) is 0 Å². The molecule has 0 unspecified atom stereocenters. The molecule has 2 heterocycles. The predicted octanol–water partition coefficient (Wildman–Crippen LogP) is 2.45. The van der Waals surface area contributed by atoms with Crippen molar-refractivity contribution >= 4 is 40.4 Å². The van der Waals surface area contributed by atoms with Crippen LogP contribution in [0.25, 0.3) is 11.1 Å². The molecule has 1 aromatic carbocycles. The molecule has 1 N–H and O–H groups in total. The second-order valence-corrected chi connectivity index (χ2v) is 5.70. The van der Waals surface area contributed by atoms with E-state index in [1.165, 1.54) is 11.8 Å². The van der Waals surface area contributed by atoms with Gasteiger partial charge in [0.1, 0.15) is 5.52 Å². The first-order chi connectivity index (χ1) is 10.6. The predicted molar refractivity (Wildman–Crippen MR) is 80.6 cm³/mol. The highest BCUT2D eigenvalue weighted by atomic mass is 35.5. The molecule has 0 fully saturated rings. The zero-order valence-corrected chi connectivity index (χ0v) is 13.1. The van der Waals surface area contributed by atoms with Crippen molar-refractivity contribution in [2.45, 2.75) is 17.4 Å². The number of amides is 1. The van der Waals surface area contributed by atoms with Gasteiger partial charge in [-0.05, 0) is 18.2 Å². The molecule has 0 aliphatic rings. The van der Waals surface area contributed by atoms with Crippen LogP contribution in [0.15, 0.2) is 32.4 Å². The van der Waals surface area contributed by atoms with Crippen LogP contribution < -0.4 is 5.32 Å². The molecule has 1 amide bonds. The molecule has 0 atom stereocenters. The van der Waals surface area contributed by atoms with Crippen LogP contribution in [0, 0.1) is 0 Å². The summed E-state index contributed by atoms with van der Waals surface area (Å²) in [7, 11) is 1.55. The molecule has 0 spiro atoms. The fraction of sp³-hybridized carbons (Fsp3) is 0.231. The Bertz CT molecular complexity index is 817. The largest absolute Gasteiger partial charge is 0.431 e. The lowest BCUT2D eigenvalue weighted by Gasteiger charge is -1.92. The fourth-order valence-corrected chi connectivity index (χ4v) is 2.56. The lowest BCUT2D eigenvalue weighted by Crippen LogP contribution is -2.20. The summed E-state index contributed by atoms with van der Waals surface area (Å²) < 4.78 is 10.6.